The molecule has 1 aromatic heterocycles. The van der Waals surface area contributed by atoms with Crippen LogP contribution in [0.25, 0.3) is 10.9 Å². The smallest absolute Gasteiger partial charge is 0.119 e. The molecule has 0 N–H and O–H groups in total. The van der Waals surface area contributed by atoms with Crippen molar-refractivity contribution in [2.45, 2.75) is 45.4 Å². The number of halogens is 1. The zero-order valence-electron chi connectivity index (χ0n) is 16.0. The Bertz CT molecular complexity index is 864. The van der Waals surface area contributed by atoms with Crippen molar-refractivity contribution < 1.29 is 4.74 Å². The third-order valence-corrected chi connectivity index (χ3v) is 5.46. The fourth-order valence-electron chi connectivity index (χ4n) is 3.71. The van der Waals surface area contributed by atoms with Crippen LogP contribution < -0.4 is 4.74 Å². The van der Waals surface area contributed by atoms with E-state index < -0.39 is 0 Å². The van der Waals surface area contributed by atoms with Crippen molar-refractivity contribution >= 4 is 22.5 Å². The van der Waals surface area contributed by atoms with Crippen LogP contribution in [-0.2, 0) is 19.9 Å². The molecule has 0 amide bonds. The van der Waals surface area contributed by atoms with Crippen molar-refractivity contribution in [3.8, 4) is 5.75 Å². The van der Waals surface area contributed by atoms with Crippen molar-refractivity contribution in [3.63, 3.8) is 0 Å². The molecule has 0 aliphatic heterocycles. The van der Waals surface area contributed by atoms with E-state index in [1.807, 2.05) is 12.1 Å². The van der Waals surface area contributed by atoms with Gasteiger partial charge in [0.25, 0.3) is 0 Å². The van der Waals surface area contributed by atoms with E-state index in [0.717, 1.165) is 23.6 Å². The first-order chi connectivity index (χ1) is 12.6. The maximum Gasteiger partial charge on any atom is 0.119 e. The van der Waals surface area contributed by atoms with Gasteiger partial charge in [0.15, 0.2) is 0 Å². The molecule has 3 rings (SSSR count). The first-order valence-electron chi connectivity index (χ1n) is 9.52. The number of nitrogens with zero attached hydrogens (tertiary/aromatic N) is 1. The first kappa shape index (κ1) is 18.8. The van der Waals surface area contributed by atoms with E-state index in [9.17, 15) is 0 Å². The first-order valence-corrected chi connectivity index (χ1v) is 9.90. The zero-order valence-corrected chi connectivity index (χ0v) is 16.8. The van der Waals surface area contributed by atoms with Gasteiger partial charge in [-0.3, -0.25) is 0 Å². The molecule has 26 heavy (non-hydrogen) atoms. The molecular weight excluding hydrogens is 342 g/mol. The summed E-state index contributed by atoms with van der Waals surface area (Å²) in [5, 5.41) is 2.11. The highest BCUT2D eigenvalue weighted by Gasteiger charge is 2.16. The predicted octanol–water partition coefficient (Wildman–Crippen LogP) is 6.55. The van der Waals surface area contributed by atoms with Crippen LogP contribution in [0.1, 0.15) is 49.4 Å². The van der Waals surface area contributed by atoms with Crippen LogP contribution in [0, 0.1) is 0 Å². The summed E-state index contributed by atoms with van der Waals surface area (Å²) in [4.78, 5) is 0. The molecule has 0 unspecified atom stereocenters. The topological polar surface area (TPSA) is 14.2 Å². The summed E-state index contributed by atoms with van der Waals surface area (Å²) in [5.74, 6) is 0.927. The number of benzene rings is 2. The summed E-state index contributed by atoms with van der Waals surface area (Å²) in [6.07, 6.45) is 7.14. The largest absolute Gasteiger partial charge is 0.497 e. The van der Waals surface area contributed by atoms with Crippen molar-refractivity contribution in [2.24, 2.45) is 7.05 Å². The third kappa shape index (κ3) is 4.07. The average molecular weight is 370 g/mol. The number of methoxy groups -OCH3 is 1. The van der Waals surface area contributed by atoms with Gasteiger partial charge in [0, 0.05) is 35.1 Å². The molecule has 0 atom stereocenters. The number of ether oxygens (including phenoxy) is 1. The van der Waals surface area contributed by atoms with E-state index in [0.29, 0.717) is 0 Å². The SMILES string of the molecule is CCCCCCc1c(Cc2ccc(Cl)cc2)n(C)c2ccc(OC)cc12. The normalized spacial score (nSPS) is 11.2. The summed E-state index contributed by atoms with van der Waals surface area (Å²) in [6.45, 7) is 2.26. The van der Waals surface area contributed by atoms with E-state index in [-0.39, 0.29) is 0 Å². The lowest BCUT2D eigenvalue weighted by Crippen LogP contribution is -2.01. The zero-order chi connectivity index (χ0) is 18.5. The Morgan fingerprint density at radius 1 is 1.00 bits per heavy atom. The Morgan fingerprint density at radius 2 is 1.77 bits per heavy atom. The monoisotopic (exact) mass is 369 g/mol. The van der Waals surface area contributed by atoms with Crippen LogP contribution in [0.5, 0.6) is 5.75 Å². The summed E-state index contributed by atoms with van der Waals surface area (Å²) in [6, 6.07) is 14.6. The minimum atomic E-state index is 0.787. The lowest BCUT2D eigenvalue weighted by Gasteiger charge is -2.09. The second-order valence-electron chi connectivity index (χ2n) is 6.98. The molecule has 0 spiro atoms. The summed E-state index contributed by atoms with van der Waals surface area (Å²) in [5.41, 5.74) is 5.43. The molecule has 0 fully saturated rings. The molecule has 0 aliphatic carbocycles. The fourth-order valence-corrected chi connectivity index (χ4v) is 3.83. The molecule has 0 saturated heterocycles. The fraction of sp³-hybridized carbons (Fsp3) is 0.391. The minimum Gasteiger partial charge on any atom is -0.497 e. The van der Waals surface area contributed by atoms with Crippen molar-refractivity contribution in [1.29, 1.82) is 0 Å². The van der Waals surface area contributed by atoms with Gasteiger partial charge in [-0.25, -0.2) is 0 Å². The van der Waals surface area contributed by atoms with Crippen LogP contribution in [0.2, 0.25) is 5.02 Å². The van der Waals surface area contributed by atoms with Gasteiger partial charge < -0.3 is 9.30 Å². The Hall–Kier alpha value is -1.93. The Labute approximate surface area is 161 Å². The van der Waals surface area contributed by atoms with Gasteiger partial charge in [0.05, 0.1) is 7.11 Å². The average Bonchev–Trinajstić information content (AvgIpc) is 2.92. The molecule has 3 aromatic rings. The van der Waals surface area contributed by atoms with Crippen molar-refractivity contribution in [3.05, 3.63) is 64.3 Å². The highest BCUT2D eigenvalue weighted by atomic mass is 35.5. The van der Waals surface area contributed by atoms with Crippen molar-refractivity contribution in [2.75, 3.05) is 7.11 Å². The minimum absolute atomic E-state index is 0.787. The molecule has 0 radical (unpaired) electrons. The molecule has 2 nitrogen and oxygen atoms in total. The summed E-state index contributed by atoms with van der Waals surface area (Å²) in [7, 11) is 3.91. The number of hydrogen-bond donors (Lipinski definition) is 0. The molecule has 1 heterocycles. The Balaban J connectivity index is 2.00. The molecule has 3 heteroatoms. The lowest BCUT2D eigenvalue weighted by molar-refractivity contribution is 0.415. The van der Waals surface area contributed by atoms with Gasteiger partial charge in [0.1, 0.15) is 5.75 Å². The van der Waals surface area contributed by atoms with E-state index in [1.165, 1.54) is 53.4 Å². The molecule has 0 saturated carbocycles. The molecular formula is C23H28ClNO. The third-order valence-electron chi connectivity index (χ3n) is 5.21. The molecule has 138 valence electrons. The van der Waals surface area contributed by atoms with E-state index >= 15 is 0 Å². The molecule has 0 aliphatic rings. The van der Waals surface area contributed by atoms with Crippen LogP contribution in [0.4, 0.5) is 0 Å². The maximum atomic E-state index is 6.05. The highest BCUT2D eigenvalue weighted by Crippen LogP contribution is 2.32. The van der Waals surface area contributed by atoms with E-state index in [4.69, 9.17) is 16.3 Å². The van der Waals surface area contributed by atoms with Gasteiger partial charge in [-0.1, -0.05) is 49.9 Å². The predicted molar refractivity (Wildman–Crippen MR) is 112 cm³/mol. The van der Waals surface area contributed by atoms with Gasteiger partial charge >= 0.3 is 0 Å². The van der Waals surface area contributed by atoms with E-state index in [2.05, 4.69) is 48.9 Å². The van der Waals surface area contributed by atoms with Crippen LogP contribution >= 0.6 is 11.6 Å². The number of rotatable bonds is 8. The van der Waals surface area contributed by atoms with Gasteiger partial charge in [-0.15, -0.1) is 0 Å². The quantitative estimate of drug-likeness (QED) is 0.410. The van der Waals surface area contributed by atoms with Crippen LogP contribution in [-0.4, -0.2) is 11.7 Å². The summed E-state index contributed by atoms with van der Waals surface area (Å²) >= 11 is 6.05. The highest BCUT2D eigenvalue weighted by molar-refractivity contribution is 6.30. The van der Waals surface area contributed by atoms with Crippen LogP contribution in [0.3, 0.4) is 0 Å². The Kier molecular flexibility index (Phi) is 6.26. The van der Waals surface area contributed by atoms with Crippen LogP contribution in [0.15, 0.2) is 42.5 Å². The number of unbranched alkanes of at least 4 members (excludes halogenated alkanes) is 3. The molecule has 0 bridgehead atoms. The number of aromatic nitrogens is 1. The van der Waals surface area contributed by atoms with Gasteiger partial charge in [-0.2, -0.15) is 0 Å². The maximum absolute atomic E-state index is 6.05. The number of fused-ring (bicyclic) bond motifs is 1. The lowest BCUT2D eigenvalue weighted by atomic mass is 9.99. The van der Waals surface area contributed by atoms with Gasteiger partial charge in [-0.05, 0) is 54.3 Å². The number of hydrogen-bond acceptors (Lipinski definition) is 1. The standard InChI is InChI=1S/C23H28ClNO/c1-4-5-6-7-8-20-21-16-19(26-3)13-14-22(21)25(2)23(20)15-17-9-11-18(24)12-10-17/h9-14,16H,4-8,15H2,1-3H3. The van der Waals surface area contributed by atoms with Crippen molar-refractivity contribution in [1.82, 2.24) is 4.57 Å². The second-order valence-corrected chi connectivity index (χ2v) is 7.42. The summed E-state index contributed by atoms with van der Waals surface area (Å²) < 4.78 is 7.82. The van der Waals surface area contributed by atoms with Gasteiger partial charge in [0.2, 0.25) is 0 Å². The Morgan fingerprint density at radius 3 is 2.46 bits per heavy atom. The van der Waals surface area contributed by atoms with E-state index in [1.54, 1.807) is 7.11 Å². The second kappa shape index (κ2) is 8.64. The molecule has 2 aromatic carbocycles. The number of aryl methyl sites for hydroxylation is 2.